The van der Waals surface area contributed by atoms with Crippen LogP contribution in [0.5, 0.6) is 0 Å². The Morgan fingerprint density at radius 2 is 1.93 bits per heavy atom. The van der Waals surface area contributed by atoms with Crippen LogP contribution in [0.3, 0.4) is 0 Å². The van der Waals surface area contributed by atoms with Crippen molar-refractivity contribution in [3.63, 3.8) is 0 Å². The second kappa shape index (κ2) is 11.2. The van der Waals surface area contributed by atoms with Crippen molar-refractivity contribution in [3.05, 3.63) is 35.9 Å². The number of hydrogen-bond donors (Lipinski definition) is 3. The second-order valence-corrected chi connectivity index (χ2v) is 9.17. The number of aliphatic carboxylic acids is 2. The highest BCUT2D eigenvalue weighted by Gasteiger charge is 2.35. The molecule has 1 heterocycles. The molecule has 1 amide bonds. The summed E-state index contributed by atoms with van der Waals surface area (Å²) in [6.07, 6.45) is 1.80. The number of nitrogens with one attached hydrogen (secondary N) is 1. The summed E-state index contributed by atoms with van der Waals surface area (Å²) < 4.78 is 0. The van der Waals surface area contributed by atoms with Crippen LogP contribution < -0.4 is 5.32 Å². The Morgan fingerprint density at radius 3 is 2.52 bits per heavy atom. The van der Waals surface area contributed by atoms with Crippen LogP contribution >= 0.6 is 11.8 Å². The van der Waals surface area contributed by atoms with E-state index in [9.17, 15) is 24.6 Å². The Hall–Kier alpha value is -2.06. The molecule has 0 radical (unpaired) electrons. The normalized spacial score (nSPS) is 21.1. The van der Waals surface area contributed by atoms with E-state index in [0.717, 1.165) is 12.0 Å². The summed E-state index contributed by atoms with van der Waals surface area (Å²) in [6.45, 7) is 4.19. The Bertz CT molecular complexity index is 698. The van der Waals surface area contributed by atoms with Gasteiger partial charge in [-0.15, -0.1) is 0 Å². The van der Waals surface area contributed by atoms with Gasteiger partial charge in [-0.2, -0.15) is 11.8 Å². The number of benzene rings is 1. The van der Waals surface area contributed by atoms with Gasteiger partial charge in [0.2, 0.25) is 5.91 Å². The number of carbonyl (C=O) groups is 3. The quantitative estimate of drug-likeness (QED) is 0.530. The highest BCUT2D eigenvalue weighted by Crippen LogP contribution is 2.25. The molecule has 1 aliphatic rings. The lowest BCUT2D eigenvalue weighted by Crippen LogP contribution is -2.53. The fraction of sp³-hybridized carbons (Fsp3) is 0.571. The van der Waals surface area contributed by atoms with Crippen molar-refractivity contribution >= 4 is 29.6 Å². The van der Waals surface area contributed by atoms with E-state index in [1.165, 1.54) is 4.90 Å². The van der Waals surface area contributed by atoms with Gasteiger partial charge >= 0.3 is 11.9 Å². The minimum atomic E-state index is -1.06. The van der Waals surface area contributed by atoms with Crippen molar-refractivity contribution in [2.75, 3.05) is 18.8 Å². The number of nitrogens with zero attached hydrogens (tertiary/aromatic N) is 1. The average Bonchev–Trinajstić information content (AvgIpc) is 2.78. The monoisotopic (exact) mass is 422 g/mol. The maximum Gasteiger partial charge on any atom is 0.323 e. The third kappa shape index (κ3) is 7.70. The van der Waals surface area contributed by atoms with Crippen molar-refractivity contribution in [2.24, 2.45) is 5.92 Å². The summed E-state index contributed by atoms with van der Waals surface area (Å²) in [5.74, 6) is -1.55. The minimum absolute atomic E-state index is 0.137. The number of rotatable bonds is 10. The topological polar surface area (TPSA) is 107 Å². The van der Waals surface area contributed by atoms with Gasteiger partial charge < -0.3 is 15.1 Å². The maximum absolute atomic E-state index is 12.9. The molecule has 7 nitrogen and oxygen atoms in total. The molecule has 0 saturated carbocycles. The Balaban J connectivity index is 2.08. The molecule has 3 unspecified atom stereocenters. The van der Waals surface area contributed by atoms with Gasteiger partial charge in [-0.1, -0.05) is 44.2 Å². The average molecular weight is 423 g/mol. The fourth-order valence-corrected chi connectivity index (χ4v) is 4.99. The van der Waals surface area contributed by atoms with Gasteiger partial charge in [-0.3, -0.25) is 19.7 Å². The SMILES string of the molecule is CC(C)CC1CN(CC(=O)O)C(=O)C(NC(CCc2ccccc2)C(=O)O)CS1. The first-order valence-corrected chi connectivity index (χ1v) is 11.0. The Labute approximate surface area is 175 Å². The number of thioether (sulfide) groups is 1. The maximum atomic E-state index is 12.9. The summed E-state index contributed by atoms with van der Waals surface area (Å²) in [6, 6.07) is 8.01. The molecular formula is C21H30N2O5S. The number of amides is 1. The van der Waals surface area contributed by atoms with Gasteiger partial charge in [0.05, 0.1) is 6.04 Å². The zero-order chi connectivity index (χ0) is 21.4. The van der Waals surface area contributed by atoms with Gasteiger partial charge in [-0.05, 0) is 30.7 Å². The van der Waals surface area contributed by atoms with Crippen molar-refractivity contribution < 1.29 is 24.6 Å². The predicted octanol–water partition coefficient (Wildman–Crippen LogP) is 2.11. The van der Waals surface area contributed by atoms with Crippen LogP contribution in [0.2, 0.25) is 0 Å². The lowest BCUT2D eigenvalue weighted by atomic mass is 10.0. The van der Waals surface area contributed by atoms with E-state index < -0.39 is 24.0 Å². The van der Waals surface area contributed by atoms with Crippen LogP contribution in [0, 0.1) is 5.92 Å². The smallest absolute Gasteiger partial charge is 0.323 e. The second-order valence-electron chi connectivity index (χ2n) is 7.83. The third-order valence-electron chi connectivity index (χ3n) is 4.86. The van der Waals surface area contributed by atoms with Crippen LogP contribution in [0.15, 0.2) is 30.3 Å². The van der Waals surface area contributed by atoms with E-state index >= 15 is 0 Å². The molecule has 0 spiro atoms. The molecule has 3 atom stereocenters. The molecule has 1 aromatic carbocycles. The molecule has 8 heteroatoms. The van der Waals surface area contributed by atoms with E-state index in [4.69, 9.17) is 0 Å². The van der Waals surface area contributed by atoms with E-state index in [2.05, 4.69) is 19.2 Å². The highest BCUT2D eigenvalue weighted by molar-refractivity contribution is 8.00. The van der Waals surface area contributed by atoms with Crippen molar-refractivity contribution in [2.45, 2.75) is 50.4 Å². The molecular weight excluding hydrogens is 392 g/mol. The zero-order valence-corrected chi connectivity index (χ0v) is 17.7. The van der Waals surface area contributed by atoms with Crippen molar-refractivity contribution in [3.8, 4) is 0 Å². The number of carboxylic acid groups (broad SMARTS) is 2. The standard InChI is InChI=1S/C21H30N2O5S/c1-14(2)10-16-11-23(12-19(24)25)20(26)18(13-29-16)22-17(21(27)28)9-8-15-6-4-3-5-7-15/h3-7,14,16-18,22H,8-13H2,1-2H3,(H,24,25)(H,27,28). The lowest BCUT2D eigenvalue weighted by molar-refractivity contribution is -0.146. The van der Waals surface area contributed by atoms with Gasteiger partial charge in [0.1, 0.15) is 12.6 Å². The van der Waals surface area contributed by atoms with Crippen LogP contribution in [0.25, 0.3) is 0 Å². The van der Waals surface area contributed by atoms with Crippen LogP contribution in [-0.4, -0.2) is 69.1 Å². The third-order valence-corrected chi connectivity index (χ3v) is 6.20. The molecule has 1 aliphatic heterocycles. The number of carbonyl (C=O) groups excluding carboxylic acids is 1. The van der Waals surface area contributed by atoms with Crippen LogP contribution in [-0.2, 0) is 20.8 Å². The molecule has 1 saturated heterocycles. The van der Waals surface area contributed by atoms with E-state index in [-0.39, 0.29) is 17.7 Å². The summed E-state index contributed by atoms with van der Waals surface area (Å²) in [7, 11) is 0. The lowest BCUT2D eigenvalue weighted by Gasteiger charge is -2.26. The molecule has 0 aliphatic carbocycles. The molecule has 0 aromatic heterocycles. The molecule has 0 bridgehead atoms. The predicted molar refractivity (Wildman–Crippen MR) is 113 cm³/mol. The summed E-state index contributed by atoms with van der Waals surface area (Å²) >= 11 is 1.61. The van der Waals surface area contributed by atoms with Crippen molar-refractivity contribution in [1.82, 2.24) is 10.2 Å². The van der Waals surface area contributed by atoms with Gasteiger partial charge in [0.25, 0.3) is 0 Å². The summed E-state index contributed by atoms with van der Waals surface area (Å²) in [5.41, 5.74) is 1.03. The van der Waals surface area contributed by atoms with E-state index in [0.29, 0.717) is 31.1 Å². The minimum Gasteiger partial charge on any atom is -0.480 e. The molecule has 3 N–H and O–H groups in total. The highest BCUT2D eigenvalue weighted by atomic mass is 32.2. The summed E-state index contributed by atoms with van der Waals surface area (Å²) in [5, 5.41) is 22.0. The first-order valence-electron chi connectivity index (χ1n) is 9.91. The number of aryl methyl sites for hydroxylation is 1. The molecule has 29 heavy (non-hydrogen) atoms. The van der Waals surface area contributed by atoms with Crippen molar-refractivity contribution in [1.29, 1.82) is 0 Å². The largest absolute Gasteiger partial charge is 0.480 e. The molecule has 160 valence electrons. The molecule has 1 aromatic rings. The summed E-state index contributed by atoms with van der Waals surface area (Å²) in [4.78, 5) is 37.3. The first-order chi connectivity index (χ1) is 13.8. The number of carboxylic acids is 2. The molecule has 2 rings (SSSR count). The zero-order valence-electron chi connectivity index (χ0n) is 16.9. The fourth-order valence-electron chi connectivity index (χ4n) is 3.48. The van der Waals surface area contributed by atoms with Crippen LogP contribution in [0.4, 0.5) is 0 Å². The van der Waals surface area contributed by atoms with E-state index in [1.54, 1.807) is 11.8 Å². The number of hydrogen-bond acceptors (Lipinski definition) is 5. The molecule has 1 fully saturated rings. The van der Waals surface area contributed by atoms with Gasteiger partial charge in [0, 0.05) is 17.5 Å². The first kappa shape index (κ1) is 23.2. The Kier molecular flexibility index (Phi) is 8.98. The van der Waals surface area contributed by atoms with Crippen LogP contribution in [0.1, 0.15) is 32.3 Å². The Morgan fingerprint density at radius 1 is 1.24 bits per heavy atom. The van der Waals surface area contributed by atoms with E-state index in [1.807, 2.05) is 30.3 Å². The van der Waals surface area contributed by atoms with Gasteiger partial charge in [0.15, 0.2) is 0 Å². The van der Waals surface area contributed by atoms with Gasteiger partial charge in [-0.25, -0.2) is 0 Å².